The van der Waals surface area contributed by atoms with E-state index in [1.807, 2.05) is 0 Å². The Labute approximate surface area is 165 Å². The van der Waals surface area contributed by atoms with Crippen LogP contribution in [-0.2, 0) is 14.8 Å². The largest absolute Gasteiger partial charge is 0.325 e. The van der Waals surface area contributed by atoms with Crippen LogP contribution in [0.4, 0.5) is 15.8 Å². The zero-order valence-electron chi connectivity index (χ0n) is 15.0. The van der Waals surface area contributed by atoms with Gasteiger partial charge in [-0.2, -0.15) is 0 Å². The van der Waals surface area contributed by atoms with Crippen LogP contribution in [0.2, 0.25) is 0 Å². The van der Waals surface area contributed by atoms with E-state index in [4.69, 9.17) is 0 Å². The van der Waals surface area contributed by atoms with Gasteiger partial charge in [-0.3, -0.25) is 9.10 Å². The summed E-state index contributed by atoms with van der Waals surface area (Å²) in [6, 6.07) is 4.27. The molecule has 2 heterocycles. The first kappa shape index (κ1) is 20.4. The maximum atomic E-state index is 14.2. The molecule has 1 aromatic carbocycles. The molecule has 9 heteroatoms. The Morgan fingerprint density at radius 1 is 1.22 bits per heavy atom. The fourth-order valence-corrected chi connectivity index (χ4v) is 6.00. The third kappa shape index (κ3) is 4.07. The van der Waals surface area contributed by atoms with Crippen LogP contribution < -0.4 is 14.9 Å². The van der Waals surface area contributed by atoms with Crippen molar-refractivity contribution in [1.82, 2.24) is 5.32 Å². The summed E-state index contributed by atoms with van der Waals surface area (Å²) in [5.74, 6) is -0.157. The molecular weight excluding hydrogens is 393 g/mol. The van der Waals surface area contributed by atoms with Crippen LogP contribution in [0.15, 0.2) is 18.2 Å². The lowest BCUT2D eigenvalue weighted by Crippen LogP contribution is -2.39. The van der Waals surface area contributed by atoms with Gasteiger partial charge >= 0.3 is 0 Å². The van der Waals surface area contributed by atoms with Crippen molar-refractivity contribution < 1.29 is 17.6 Å². The van der Waals surface area contributed by atoms with Crippen molar-refractivity contribution in [3.05, 3.63) is 24.0 Å². The first-order valence-electron chi connectivity index (χ1n) is 9.31. The number of hydrogen-bond donors (Lipinski definition) is 2. The first-order valence-corrected chi connectivity index (χ1v) is 10.9. The quantitative estimate of drug-likeness (QED) is 0.792. The molecule has 2 aliphatic heterocycles. The normalized spacial score (nSPS) is 29.1. The standard InChI is InChI=1S/C18H24FN3O3S.ClH/c19-14-7-6-13(11-17(14)22-8-3-9-26(22,24)25)20-18(23)16-10-12-4-1-2-5-15(12)21-16;/h6-7,11-12,15-16,21H,1-5,8-10H2,(H,20,23);1H. The van der Waals surface area contributed by atoms with Crippen molar-refractivity contribution in [3.63, 3.8) is 0 Å². The van der Waals surface area contributed by atoms with Crippen molar-refractivity contribution in [1.29, 1.82) is 0 Å². The molecule has 3 unspecified atom stereocenters. The molecule has 6 nitrogen and oxygen atoms in total. The number of sulfonamides is 1. The van der Waals surface area contributed by atoms with Crippen LogP contribution in [0.25, 0.3) is 0 Å². The number of rotatable bonds is 3. The van der Waals surface area contributed by atoms with Crippen LogP contribution in [-0.4, -0.2) is 38.7 Å². The van der Waals surface area contributed by atoms with E-state index in [0.29, 0.717) is 24.1 Å². The Morgan fingerprint density at radius 3 is 2.70 bits per heavy atom. The number of carbonyl (C=O) groups is 1. The van der Waals surface area contributed by atoms with Crippen molar-refractivity contribution >= 4 is 39.7 Å². The van der Waals surface area contributed by atoms with E-state index in [1.54, 1.807) is 0 Å². The van der Waals surface area contributed by atoms with Gasteiger partial charge in [-0.25, -0.2) is 12.8 Å². The summed E-state index contributed by atoms with van der Waals surface area (Å²) in [5, 5.41) is 6.24. The minimum atomic E-state index is -3.47. The molecule has 27 heavy (non-hydrogen) atoms. The predicted octanol–water partition coefficient (Wildman–Crippen LogP) is 2.65. The van der Waals surface area contributed by atoms with Gasteiger partial charge in [0.15, 0.2) is 0 Å². The van der Waals surface area contributed by atoms with E-state index in [-0.39, 0.29) is 42.3 Å². The third-order valence-electron chi connectivity index (χ3n) is 5.76. The summed E-state index contributed by atoms with van der Waals surface area (Å²) in [5.41, 5.74) is 0.429. The summed E-state index contributed by atoms with van der Waals surface area (Å²) in [6.45, 7) is 0.268. The smallest absolute Gasteiger partial charge is 0.241 e. The lowest BCUT2D eigenvalue weighted by atomic mass is 9.85. The molecule has 0 radical (unpaired) electrons. The summed E-state index contributed by atoms with van der Waals surface area (Å²) in [4.78, 5) is 12.6. The predicted molar refractivity (Wildman–Crippen MR) is 105 cm³/mol. The minimum Gasteiger partial charge on any atom is -0.325 e. The number of fused-ring (bicyclic) bond motifs is 1. The summed E-state index contributed by atoms with van der Waals surface area (Å²) < 4.78 is 39.4. The number of nitrogens with one attached hydrogen (secondary N) is 2. The molecule has 3 fully saturated rings. The molecule has 3 aliphatic rings. The van der Waals surface area contributed by atoms with Gasteiger partial charge in [0, 0.05) is 18.3 Å². The summed E-state index contributed by atoms with van der Waals surface area (Å²) in [7, 11) is -3.47. The fraction of sp³-hybridized carbons (Fsp3) is 0.611. The van der Waals surface area contributed by atoms with E-state index in [9.17, 15) is 17.6 Å². The maximum Gasteiger partial charge on any atom is 0.241 e. The third-order valence-corrected chi connectivity index (χ3v) is 7.62. The second-order valence-electron chi connectivity index (χ2n) is 7.50. The lowest BCUT2D eigenvalue weighted by molar-refractivity contribution is -0.117. The van der Waals surface area contributed by atoms with Gasteiger partial charge in [0.1, 0.15) is 5.82 Å². The molecule has 0 aromatic heterocycles. The highest BCUT2D eigenvalue weighted by Gasteiger charge is 2.38. The van der Waals surface area contributed by atoms with Crippen molar-refractivity contribution in [2.45, 2.75) is 50.6 Å². The van der Waals surface area contributed by atoms with Crippen LogP contribution in [0.1, 0.15) is 38.5 Å². The molecule has 1 aliphatic carbocycles. The van der Waals surface area contributed by atoms with Crippen molar-refractivity contribution in [3.8, 4) is 0 Å². The summed E-state index contributed by atoms with van der Waals surface area (Å²) >= 11 is 0. The van der Waals surface area contributed by atoms with E-state index >= 15 is 0 Å². The average molecular weight is 418 g/mol. The molecule has 0 bridgehead atoms. The topological polar surface area (TPSA) is 78.5 Å². The zero-order valence-corrected chi connectivity index (χ0v) is 16.6. The SMILES string of the molecule is Cl.O=C(Nc1ccc(F)c(N2CCCS2(=O)=O)c1)C1CC2CCCCC2N1. The van der Waals surface area contributed by atoms with Gasteiger partial charge in [-0.05, 0) is 49.8 Å². The van der Waals surface area contributed by atoms with Crippen LogP contribution in [0.5, 0.6) is 0 Å². The van der Waals surface area contributed by atoms with E-state index < -0.39 is 15.8 Å². The molecule has 4 rings (SSSR count). The monoisotopic (exact) mass is 417 g/mol. The Balaban J connectivity index is 0.00000210. The number of anilines is 2. The molecule has 2 saturated heterocycles. The molecule has 1 saturated carbocycles. The lowest BCUT2D eigenvalue weighted by Gasteiger charge is -2.24. The molecule has 1 amide bonds. The van der Waals surface area contributed by atoms with E-state index in [0.717, 1.165) is 23.6 Å². The van der Waals surface area contributed by atoms with Gasteiger partial charge in [-0.15, -0.1) is 12.4 Å². The van der Waals surface area contributed by atoms with E-state index in [2.05, 4.69) is 10.6 Å². The van der Waals surface area contributed by atoms with Crippen LogP contribution >= 0.6 is 12.4 Å². The second kappa shape index (κ2) is 7.93. The Bertz CT molecular complexity index is 806. The Kier molecular flexibility index (Phi) is 5.98. The summed E-state index contributed by atoms with van der Waals surface area (Å²) in [6.07, 6.45) is 6.01. The molecule has 3 atom stereocenters. The van der Waals surface area contributed by atoms with Gasteiger partial charge in [-0.1, -0.05) is 12.8 Å². The zero-order chi connectivity index (χ0) is 18.3. The number of carbonyl (C=O) groups excluding carboxylic acids is 1. The molecular formula is C18H25ClFN3O3S. The fourth-order valence-electron chi connectivity index (χ4n) is 4.44. The number of nitrogens with zero attached hydrogens (tertiary/aromatic N) is 1. The van der Waals surface area contributed by atoms with Gasteiger partial charge in [0.05, 0.1) is 17.5 Å². The molecule has 0 spiro atoms. The number of halogens is 2. The highest BCUT2D eigenvalue weighted by molar-refractivity contribution is 7.93. The average Bonchev–Trinajstić information content (AvgIpc) is 3.19. The number of benzene rings is 1. The van der Waals surface area contributed by atoms with Gasteiger partial charge < -0.3 is 10.6 Å². The second-order valence-corrected chi connectivity index (χ2v) is 9.52. The van der Waals surface area contributed by atoms with Gasteiger partial charge in [0.2, 0.25) is 15.9 Å². The first-order chi connectivity index (χ1) is 12.4. The van der Waals surface area contributed by atoms with Crippen LogP contribution in [0.3, 0.4) is 0 Å². The number of hydrogen-bond acceptors (Lipinski definition) is 4. The molecule has 2 N–H and O–H groups in total. The molecule has 1 aromatic rings. The Morgan fingerprint density at radius 2 is 2.00 bits per heavy atom. The van der Waals surface area contributed by atoms with Crippen molar-refractivity contribution in [2.75, 3.05) is 21.9 Å². The Hall–Kier alpha value is -1.38. The van der Waals surface area contributed by atoms with Crippen LogP contribution in [0, 0.1) is 11.7 Å². The molecule has 150 valence electrons. The van der Waals surface area contributed by atoms with Crippen molar-refractivity contribution in [2.24, 2.45) is 5.92 Å². The number of amides is 1. The minimum absolute atomic E-state index is 0. The highest BCUT2D eigenvalue weighted by atomic mass is 35.5. The maximum absolute atomic E-state index is 14.2. The van der Waals surface area contributed by atoms with Gasteiger partial charge in [0.25, 0.3) is 0 Å². The highest BCUT2D eigenvalue weighted by Crippen LogP contribution is 2.34. The van der Waals surface area contributed by atoms with E-state index in [1.165, 1.54) is 31.0 Å².